The van der Waals surface area contributed by atoms with Crippen LogP contribution in [0, 0.1) is 5.92 Å². The first-order valence-electron chi connectivity index (χ1n) is 8.17. The number of nitrogens with zero attached hydrogens (tertiary/aromatic N) is 3. The Morgan fingerprint density at radius 2 is 2.19 bits per heavy atom. The fourth-order valence-corrected chi connectivity index (χ4v) is 2.51. The van der Waals surface area contributed by atoms with E-state index < -0.39 is 0 Å². The standard InChI is InChI=1S/C18H20N4O3.Ca/c1-4-5-12-6-7-14(24-9-8-11(2)3)16-13(23)10-15(25-17(12)16)18-19-21-22-20-18;/h4,6-7,10-11H,1,5,8-9H2,2-3H3,(H,19,20,21,22);/q;+2. The van der Waals surface area contributed by atoms with E-state index >= 15 is 0 Å². The van der Waals surface area contributed by atoms with E-state index in [1.807, 2.05) is 12.1 Å². The molecule has 0 saturated carbocycles. The van der Waals surface area contributed by atoms with Crippen LogP contribution < -0.4 is 10.2 Å². The number of aromatic amines is 1. The summed E-state index contributed by atoms with van der Waals surface area (Å²) < 4.78 is 11.8. The van der Waals surface area contributed by atoms with Crippen LogP contribution in [0.15, 0.2) is 40.1 Å². The summed E-state index contributed by atoms with van der Waals surface area (Å²) in [5.74, 6) is 1.54. The Kier molecular flexibility index (Phi) is 7.37. The number of nitrogens with one attached hydrogen (secondary N) is 1. The van der Waals surface area contributed by atoms with Gasteiger partial charge in [-0.25, -0.2) is 0 Å². The Morgan fingerprint density at radius 3 is 2.85 bits per heavy atom. The average molecular weight is 380 g/mol. The molecular weight excluding hydrogens is 360 g/mol. The SMILES string of the molecule is C=CCc1ccc(OCCC(C)C)c2c(=O)cc(-c3nn[nH]n3)oc12.[Ca+2]. The second kappa shape index (κ2) is 9.30. The van der Waals surface area contributed by atoms with Crippen LogP contribution in [0.5, 0.6) is 5.75 Å². The van der Waals surface area contributed by atoms with Gasteiger partial charge in [-0.2, -0.15) is 5.21 Å². The minimum atomic E-state index is -0.202. The van der Waals surface area contributed by atoms with Gasteiger partial charge in [0.1, 0.15) is 16.7 Å². The molecule has 0 aliphatic rings. The van der Waals surface area contributed by atoms with Crippen LogP contribution in [0.1, 0.15) is 25.8 Å². The van der Waals surface area contributed by atoms with E-state index in [-0.39, 0.29) is 54.8 Å². The molecule has 3 aromatic rings. The van der Waals surface area contributed by atoms with Crippen molar-refractivity contribution in [1.29, 1.82) is 0 Å². The summed E-state index contributed by atoms with van der Waals surface area (Å²) in [6.45, 7) is 8.55. The quantitative estimate of drug-likeness (QED) is 0.500. The van der Waals surface area contributed by atoms with Gasteiger partial charge in [0.25, 0.3) is 0 Å². The predicted octanol–water partition coefficient (Wildman–Crippen LogP) is 2.75. The Balaban J connectivity index is 0.00000243. The van der Waals surface area contributed by atoms with E-state index in [0.29, 0.717) is 35.7 Å². The molecule has 3 rings (SSSR count). The van der Waals surface area contributed by atoms with Crippen molar-refractivity contribution in [3.8, 4) is 17.3 Å². The van der Waals surface area contributed by atoms with Gasteiger partial charge in [-0.1, -0.05) is 26.0 Å². The van der Waals surface area contributed by atoms with E-state index in [1.54, 1.807) is 6.08 Å². The summed E-state index contributed by atoms with van der Waals surface area (Å²) in [7, 11) is 0. The summed E-state index contributed by atoms with van der Waals surface area (Å²) >= 11 is 0. The van der Waals surface area contributed by atoms with Gasteiger partial charge < -0.3 is 9.15 Å². The summed E-state index contributed by atoms with van der Waals surface area (Å²) in [6, 6.07) is 5.06. The Bertz CT molecular complexity index is 936. The molecule has 0 fully saturated rings. The Morgan fingerprint density at radius 1 is 1.38 bits per heavy atom. The maximum absolute atomic E-state index is 12.7. The Labute approximate surface area is 180 Å². The van der Waals surface area contributed by atoms with Crippen molar-refractivity contribution in [3.63, 3.8) is 0 Å². The van der Waals surface area contributed by atoms with Crippen molar-refractivity contribution in [2.45, 2.75) is 26.7 Å². The second-order valence-electron chi connectivity index (χ2n) is 6.16. The fraction of sp³-hybridized carbons (Fsp3) is 0.333. The topological polar surface area (TPSA) is 93.9 Å². The first-order valence-corrected chi connectivity index (χ1v) is 8.17. The maximum atomic E-state index is 12.7. The molecule has 26 heavy (non-hydrogen) atoms. The first kappa shape index (κ1) is 20.6. The summed E-state index contributed by atoms with van der Waals surface area (Å²) in [5.41, 5.74) is 1.12. The number of hydrogen-bond donors (Lipinski definition) is 1. The number of rotatable bonds is 7. The molecule has 1 aromatic carbocycles. The average Bonchev–Trinajstić information content (AvgIpc) is 3.11. The predicted molar refractivity (Wildman–Crippen MR) is 100 cm³/mol. The van der Waals surface area contributed by atoms with Crippen molar-refractivity contribution < 1.29 is 9.15 Å². The smallest absolute Gasteiger partial charge is 0.493 e. The van der Waals surface area contributed by atoms with Crippen molar-refractivity contribution in [2.24, 2.45) is 5.92 Å². The normalized spacial score (nSPS) is 10.7. The third kappa shape index (κ3) is 4.52. The van der Waals surface area contributed by atoms with E-state index in [4.69, 9.17) is 9.15 Å². The summed E-state index contributed by atoms with van der Waals surface area (Å²) in [4.78, 5) is 12.7. The van der Waals surface area contributed by atoms with Crippen molar-refractivity contribution in [3.05, 3.63) is 46.6 Å². The third-order valence-corrected chi connectivity index (χ3v) is 3.80. The molecular formula is C18H20CaN4O3+2. The number of fused-ring (bicyclic) bond motifs is 1. The van der Waals surface area contributed by atoms with E-state index in [0.717, 1.165) is 12.0 Å². The minimum Gasteiger partial charge on any atom is -0.493 e. The zero-order valence-corrected chi connectivity index (χ0v) is 17.2. The molecule has 0 spiro atoms. The van der Waals surface area contributed by atoms with Gasteiger partial charge in [0, 0.05) is 6.07 Å². The van der Waals surface area contributed by atoms with Gasteiger partial charge in [0.2, 0.25) is 5.82 Å². The minimum absolute atomic E-state index is 0. The van der Waals surface area contributed by atoms with Crippen LogP contribution in [0.2, 0.25) is 0 Å². The van der Waals surface area contributed by atoms with E-state index in [9.17, 15) is 4.79 Å². The number of ether oxygens (including phenoxy) is 1. The summed E-state index contributed by atoms with van der Waals surface area (Å²) in [6.07, 6.45) is 3.23. The number of tetrazole rings is 1. The van der Waals surface area contributed by atoms with Crippen LogP contribution in [-0.2, 0) is 6.42 Å². The Hall–Kier alpha value is -1.70. The van der Waals surface area contributed by atoms with Gasteiger partial charge in [-0.15, -0.1) is 16.8 Å². The number of benzene rings is 1. The van der Waals surface area contributed by atoms with Crippen molar-refractivity contribution >= 4 is 48.7 Å². The van der Waals surface area contributed by atoms with Crippen LogP contribution in [0.4, 0.5) is 0 Å². The van der Waals surface area contributed by atoms with Gasteiger partial charge in [0.15, 0.2) is 11.2 Å². The molecule has 0 bridgehead atoms. The monoisotopic (exact) mass is 380 g/mol. The second-order valence-corrected chi connectivity index (χ2v) is 6.16. The van der Waals surface area contributed by atoms with Crippen molar-refractivity contribution in [1.82, 2.24) is 20.6 Å². The number of aromatic nitrogens is 4. The molecule has 0 aliphatic heterocycles. The third-order valence-electron chi connectivity index (χ3n) is 3.80. The summed E-state index contributed by atoms with van der Waals surface area (Å²) in [5, 5.41) is 14.0. The molecule has 8 heteroatoms. The molecule has 0 unspecified atom stereocenters. The molecule has 2 heterocycles. The largest absolute Gasteiger partial charge is 2.00 e. The molecule has 0 amide bonds. The van der Waals surface area contributed by atoms with Crippen LogP contribution >= 0.6 is 0 Å². The van der Waals surface area contributed by atoms with Crippen LogP contribution in [-0.4, -0.2) is 65.0 Å². The fourth-order valence-electron chi connectivity index (χ4n) is 2.51. The van der Waals surface area contributed by atoms with E-state index in [2.05, 4.69) is 41.1 Å². The van der Waals surface area contributed by atoms with Crippen LogP contribution in [0.25, 0.3) is 22.6 Å². The molecule has 0 radical (unpaired) electrons. The molecule has 0 aliphatic carbocycles. The molecule has 2 aromatic heterocycles. The zero-order valence-electron chi connectivity index (χ0n) is 15.0. The van der Waals surface area contributed by atoms with Gasteiger partial charge in [-0.05, 0) is 35.6 Å². The molecule has 1 N–H and O–H groups in total. The van der Waals surface area contributed by atoms with Gasteiger partial charge >= 0.3 is 37.7 Å². The number of allylic oxidation sites excluding steroid dienone is 1. The zero-order chi connectivity index (χ0) is 17.8. The van der Waals surface area contributed by atoms with Crippen molar-refractivity contribution in [2.75, 3.05) is 6.61 Å². The molecule has 130 valence electrons. The van der Waals surface area contributed by atoms with Gasteiger partial charge in [-0.3, -0.25) is 4.79 Å². The molecule has 7 nitrogen and oxygen atoms in total. The maximum Gasteiger partial charge on any atom is 2.00 e. The first-order chi connectivity index (χ1) is 12.1. The van der Waals surface area contributed by atoms with Gasteiger partial charge in [0.05, 0.1) is 6.61 Å². The number of H-pyrrole nitrogens is 1. The molecule has 0 saturated heterocycles. The van der Waals surface area contributed by atoms with E-state index in [1.165, 1.54) is 6.07 Å². The molecule has 0 atom stereocenters. The van der Waals surface area contributed by atoms with Crippen LogP contribution in [0.3, 0.4) is 0 Å². The number of hydrogen-bond acceptors (Lipinski definition) is 6.